The molecule has 1 N–H and O–H groups in total. The molecule has 31 heavy (non-hydrogen) atoms. The molecule has 0 aromatic heterocycles. The number of ether oxygens (including phenoxy) is 3. The number of benzene rings is 3. The third-order valence-corrected chi connectivity index (χ3v) is 4.98. The molecule has 0 bridgehead atoms. The molecule has 3 rings (SSSR count). The average Bonchev–Trinajstić information content (AvgIpc) is 2.77. The van der Waals surface area contributed by atoms with E-state index in [2.05, 4.69) is 0 Å². The van der Waals surface area contributed by atoms with Gasteiger partial charge in [-0.15, -0.1) is 0 Å². The van der Waals surface area contributed by atoms with E-state index in [0.29, 0.717) is 22.8 Å². The minimum absolute atomic E-state index is 0.0683. The fourth-order valence-electron chi connectivity index (χ4n) is 3.45. The standard InChI is InChI=1S/C24H25NO6/c1-29-19-8-7-17-5-4-6-18(22(17)13-19)11-23(26)25(15-24(27)28)14-16-9-20(30-2)12-21(10-16)31-3/h4-10,12-13H,11,14-15H2,1-3H3,(H,27,28). The molecule has 3 aromatic rings. The first-order chi connectivity index (χ1) is 14.9. The number of hydrogen-bond acceptors (Lipinski definition) is 5. The van der Waals surface area contributed by atoms with Crippen molar-refractivity contribution in [1.82, 2.24) is 4.90 Å². The molecule has 162 valence electrons. The van der Waals surface area contributed by atoms with Crippen LogP contribution >= 0.6 is 0 Å². The van der Waals surface area contributed by atoms with Crippen molar-refractivity contribution in [3.05, 3.63) is 65.7 Å². The van der Waals surface area contributed by atoms with E-state index < -0.39 is 12.5 Å². The largest absolute Gasteiger partial charge is 0.497 e. The maximum absolute atomic E-state index is 13.1. The summed E-state index contributed by atoms with van der Waals surface area (Å²) in [6, 6.07) is 16.6. The van der Waals surface area contributed by atoms with Crippen LogP contribution < -0.4 is 14.2 Å². The van der Waals surface area contributed by atoms with Crippen LogP contribution in [0.5, 0.6) is 17.2 Å². The van der Waals surface area contributed by atoms with Crippen molar-refractivity contribution >= 4 is 22.6 Å². The summed E-state index contributed by atoms with van der Waals surface area (Å²) in [7, 11) is 4.66. The predicted octanol–water partition coefficient (Wildman–Crippen LogP) is 3.52. The van der Waals surface area contributed by atoms with Crippen LogP contribution in [0, 0.1) is 0 Å². The summed E-state index contributed by atoms with van der Waals surface area (Å²) in [5.74, 6) is 0.456. The number of carboxylic acid groups (broad SMARTS) is 1. The summed E-state index contributed by atoms with van der Waals surface area (Å²) >= 11 is 0. The van der Waals surface area contributed by atoms with Gasteiger partial charge in [-0.2, -0.15) is 0 Å². The second-order valence-corrected chi connectivity index (χ2v) is 7.05. The number of carbonyl (C=O) groups is 2. The number of rotatable bonds is 9. The van der Waals surface area contributed by atoms with E-state index in [0.717, 1.165) is 16.3 Å². The van der Waals surface area contributed by atoms with Crippen molar-refractivity contribution < 1.29 is 28.9 Å². The summed E-state index contributed by atoms with van der Waals surface area (Å²) in [6.07, 6.45) is 0.0683. The Morgan fingerprint density at radius 1 is 0.871 bits per heavy atom. The average molecular weight is 423 g/mol. The van der Waals surface area contributed by atoms with Gasteiger partial charge in [-0.3, -0.25) is 9.59 Å². The number of carbonyl (C=O) groups excluding carboxylic acids is 1. The van der Waals surface area contributed by atoms with Crippen LogP contribution in [0.3, 0.4) is 0 Å². The highest BCUT2D eigenvalue weighted by molar-refractivity contribution is 5.92. The van der Waals surface area contributed by atoms with Crippen LogP contribution in [0.2, 0.25) is 0 Å². The predicted molar refractivity (Wildman–Crippen MR) is 117 cm³/mol. The van der Waals surface area contributed by atoms with E-state index in [1.807, 2.05) is 36.4 Å². The van der Waals surface area contributed by atoms with Gasteiger partial charge in [0.15, 0.2) is 0 Å². The normalized spacial score (nSPS) is 10.5. The van der Waals surface area contributed by atoms with Crippen molar-refractivity contribution in [2.24, 2.45) is 0 Å². The lowest BCUT2D eigenvalue weighted by molar-refractivity contribution is -0.144. The Labute approximate surface area is 180 Å². The van der Waals surface area contributed by atoms with Crippen molar-refractivity contribution in [3.8, 4) is 17.2 Å². The van der Waals surface area contributed by atoms with E-state index in [1.54, 1.807) is 25.3 Å². The Hall–Kier alpha value is -3.74. The Morgan fingerprint density at radius 2 is 1.55 bits per heavy atom. The van der Waals surface area contributed by atoms with E-state index >= 15 is 0 Å². The molecule has 3 aromatic carbocycles. The van der Waals surface area contributed by atoms with Crippen molar-refractivity contribution in [2.45, 2.75) is 13.0 Å². The van der Waals surface area contributed by atoms with Crippen LogP contribution in [-0.2, 0) is 22.6 Å². The summed E-state index contributed by atoms with van der Waals surface area (Å²) in [5.41, 5.74) is 1.52. The maximum atomic E-state index is 13.1. The van der Waals surface area contributed by atoms with E-state index in [1.165, 1.54) is 19.1 Å². The fraction of sp³-hybridized carbons (Fsp3) is 0.250. The number of methoxy groups -OCH3 is 3. The number of fused-ring (bicyclic) bond motifs is 1. The molecule has 0 aliphatic carbocycles. The molecule has 0 unspecified atom stereocenters. The number of nitrogens with zero attached hydrogens (tertiary/aromatic N) is 1. The maximum Gasteiger partial charge on any atom is 0.323 e. The Morgan fingerprint density at radius 3 is 2.16 bits per heavy atom. The summed E-state index contributed by atoms with van der Waals surface area (Å²) in [4.78, 5) is 25.9. The number of amides is 1. The highest BCUT2D eigenvalue weighted by atomic mass is 16.5. The molecule has 0 aliphatic rings. The molecular weight excluding hydrogens is 398 g/mol. The quantitative estimate of drug-likeness (QED) is 0.567. The zero-order valence-corrected chi connectivity index (χ0v) is 17.8. The minimum atomic E-state index is -1.08. The molecule has 7 heteroatoms. The summed E-state index contributed by atoms with van der Waals surface area (Å²) in [6.45, 7) is -0.292. The van der Waals surface area contributed by atoms with E-state index in [9.17, 15) is 14.7 Å². The van der Waals surface area contributed by atoms with Crippen LogP contribution in [0.25, 0.3) is 10.8 Å². The molecule has 7 nitrogen and oxygen atoms in total. The molecule has 0 saturated heterocycles. The number of hydrogen-bond donors (Lipinski definition) is 1. The summed E-state index contributed by atoms with van der Waals surface area (Å²) < 4.78 is 15.9. The van der Waals surface area contributed by atoms with Gasteiger partial charge in [0.05, 0.1) is 27.8 Å². The minimum Gasteiger partial charge on any atom is -0.497 e. The van der Waals surface area contributed by atoms with Gasteiger partial charge in [0.25, 0.3) is 0 Å². The van der Waals surface area contributed by atoms with Gasteiger partial charge >= 0.3 is 5.97 Å². The Bertz CT molecular complexity index is 1070. The lowest BCUT2D eigenvalue weighted by Gasteiger charge is -2.22. The number of aliphatic carboxylic acids is 1. The molecular formula is C24H25NO6. The smallest absolute Gasteiger partial charge is 0.323 e. The Balaban J connectivity index is 1.89. The highest BCUT2D eigenvalue weighted by Gasteiger charge is 2.19. The van der Waals surface area contributed by atoms with Gasteiger partial charge in [0.1, 0.15) is 23.8 Å². The van der Waals surface area contributed by atoms with Gasteiger partial charge < -0.3 is 24.2 Å². The second kappa shape index (κ2) is 9.84. The zero-order chi connectivity index (χ0) is 22.4. The topological polar surface area (TPSA) is 85.3 Å². The van der Waals surface area contributed by atoms with Crippen molar-refractivity contribution in [1.29, 1.82) is 0 Å². The first-order valence-corrected chi connectivity index (χ1v) is 9.70. The van der Waals surface area contributed by atoms with Gasteiger partial charge in [0, 0.05) is 12.6 Å². The first-order valence-electron chi connectivity index (χ1n) is 9.70. The highest BCUT2D eigenvalue weighted by Crippen LogP contribution is 2.26. The second-order valence-electron chi connectivity index (χ2n) is 7.05. The fourth-order valence-corrected chi connectivity index (χ4v) is 3.45. The lowest BCUT2D eigenvalue weighted by atomic mass is 10.0. The van der Waals surface area contributed by atoms with E-state index in [4.69, 9.17) is 14.2 Å². The lowest BCUT2D eigenvalue weighted by Crippen LogP contribution is -2.36. The summed E-state index contributed by atoms with van der Waals surface area (Å²) in [5, 5.41) is 11.2. The van der Waals surface area contributed by atoms with Gasteiger partial charge in [-0.25, -0.2) is 0 Å². The molecule has 0 atom stereocenters. The van der Waals surface area contributed by atoms with Gasteiger partial charge in [0.2, 0.25) is 5.91 Å². The zero-order valence-electron chi connectivity index (χ0n) is 17.8. The molecule has 0 aliphatic heterocycles. The Kier molecular flexibility index (Phi) is 6.97. The van der Waals surface area contributed by atoms with E-state index in [-0.39, 0.29) is 18.9 Å². The molecule has 1 amide bonds. The SMILES string of the molecule is COc1cc(CN(CC(=O)O)C(=O)Cc2cccc3ccc(OC)cc23)cc(OC)c1. The first kappa shape index (κ1) is 22.0. The van der Waals surface area contributed by atoms with Crippen LogP contribution in [0.4, 0.5) is 0 Å². The van der Waals surface area contributed by atoms with Crippen molar-refractivity contribution in [2.75, 3.05) is 27.9 Å². The number of carboxylic acids is 1. The van der Waals surface area contributed by atoms with Crippen LogP contribution in [0.15, 0.2) is 54.6 Å². The molecule has 0 fully saturated rings. The molecule has 0 saturated carbocycles. The van der Waals surface area contributed by atoms with Gasteiger partial charge in [-0.1, -0.05) is 24.3 Å². The third kappa shape index (κ3) is 5.45. The molecule has 0 spiro atoms. The molecule has 0 heterocycles. The van der Waals surface area contributed by atoms with Crippen LogP contribution in [0.1, 0.15) is 11.1 Å². The third-order valence-electron chi connectivity index (χ3n) is 4.98. The van der Waals surface area contributed by atoms with Crippen molar-refractivity contribution in [3.63, 3.8) is 0 Å². The van der Waals surface area contributed by atoms with Gasteiger partial charge in [-0.05, 0) is 46.2 Å². The monoisotopic (exact) mass is 423 g/mol. The van der Waals surface area contributed by atoms with Crippen LogP contribution in [-0.4, -0.2) is 49.8 Å². The molecule has 0 radical (unpaired) electrons.